The van der Waals surface area contributed by atoms with Crippen LogP contribution in [0.15, 0.2) is 36.4 Å². The van der Waals surface area contributed by atoms with Crippen molar-refractivity contribution in [2.45, 2.75) is 59.2 Å². The Labute approximate surface area is 179 Å². The Morgan fingerprint density at radius 3 is 2.38 bits per heavy atom. The van der Waals surface area contributed by atoms with Crippen molar-refractivity contribution in [2.75, 3.05) is 13.1 Å². The number of halogens is 1. The molecule has 4 nitrogen and oxygen atoms in total. The first-order chi connectivity index (χ1) is 13.9. The molecule has 1 N–H and O–H groups in total. The zero-order valence-electron chi connectivity index (χ0n) is 17.6. The summed E-state index contributed by atoms with van der Waals surface area (Å²) < 4.78 is 5.85. The van der Waals surface area contributed by atoms with Crippen molar-refractivity contribution in [1.29, 1.82) is 0 Å². The Morgan fingerprint density at radius 1 is 1.10 bits per heavy atom. The van der Waals surface area contributed by atoms with Gasteiger partial charge in [-0.05, 0) is 81.1 Å². The van der Waals surface area contributed by atoms with Gasteiger partial charge in [0.2, 0.25) is 0 Å². The number of carbonyl (C=O) groups excluding carboxylic acids is 1. The summed E-state index contributed by atoms with van der Waals surface area (Å²) in [6, 6.07) is 12.1. The number of carbonyl (C=O) groups is 1. The van der Waals surface area contributed by atoms with E-state index in [1.807, 2.05) is 32.0 Å². The molecule has 2 aromatic rings. The quantitative estimate of drug-likeness (QED) is 0.691. The smallest absolute Gasteiger partial charge is 0.261 e. The molecule has 0 spiro atoms. The average Bonchev–Trinajstić information content (AvgIpc) is 2.71. The van der Waals surface area contributed by atoms with Gasteiger partial charge in [0.15, 0.2) is 6.10 Å². The van der Waals surface area contributed by atoms with E-state index in [1.54, 1.807) is 6.92 Å². The number of hydrogen-bond acceptors (Lipinski definition) is 3. The summed E-state index contributed by atoms with van der Waals surface area (Å²) in [6.45, 7) is 9.42. The van der Waals surface area contributed by atoms with Gasteiger partial charge in [-0.1, -0.05) is 42.3 Å². The molecule has 1 amide bonds. The molecule has 0 aliphatic carbocycles. The van der Waals surface area contributed by atoms with Crippen LogP contribution >= 0.6 is 11.6 Å². The standard InChI is InChI=1S/C24H31ClN2O2/c1-17-13-22(14-18(2)23(17)25)29-19(3)24(28)26-15-20-9-5-6-10-21(20)16-27-11-7-4-8-12-27/h5-6,9-10,13-14,19H,4,7-8,11-12,15-16H2,1-3H3,(H,26,28)/t19-/m1/s1. The Bertz CT molecular complexity index is 824. The van der Waals surface area contributed by atoms with Crippen LogP contribution in [0, 0.1) is 13.8 Å². The van der Waals surface area contributed by atoms with Crippen molar-refractivity contribution in [1.82, 2.24) is 10.2 Å². The van der Waals surface area contributed by atoms with Gasteiger partial charge in [-0.15, -0.1) is 0 Å². The van der Waals surface area contributed by atoms with Gasteiger partial charge in [0.05, 0.1) is 0 Å². The Hall–Kier alpha value is -2.04. The highest BCUT2D eigenvalue weighted by molar-refractivity contribution is 6.32. The lowest BCUT2D eigenvalue weighted by Crippen LogP contribution is -2.36. The van der Waals surface area contributed by atoms with Crippen LogP contribution in [0.2, 0.25) is 5.02 Å². The van der Waals surface area contributed by atoms with E-state index < -0.39 is 6.10 Å². The number of amides is 1. The molecule has 1 aliphatic heterocycles. The van der Waals surface area contributed by atoms with Crippen LogP contribution in [0.25, 0.3) is 0 Å². The first kappa shape index (κ1) is 21.7. The van der Waals surface area contributed by atoms with Crippen molar-refractivity contribution in [2.24, 2.45) is 0 Å². The molecule has 0 saturated carbocycles. The minimum absolute atomic E-state index is 0.122. The second-order valence-electron chi connectivity index (χ2n) is 7.95. The molecule has 2 aromatic carbocycles. The number of likely N-dealkylation sites (tertiary alicyclic amines) is 1. The first-order valence-electron chi connectivity index (χ1n) is 10.4. The summed E-state index contributed by atoms with van der Waals surface area (Å²) >= 11 is 6.21. The van der Waals surface area contributed by atoms with Gasteiger partial charge in [-0.3, -0.25) is 9.69 Å². The topological polar surface area (TPSA) is 41.6 Å². The average molecular weight is 415 g/mol. The largest absolute Gasteiger partial charge is 0.481 e. The molecule has 1 heterocycles. The second kappa shape index (κ2) is 10.1. The maximum atomic E-state index is 12.6. The van der Waals surface area contributed by atoms with Gasteiger partial charge in [0.25, 0.3) is 5.91 Å². The molecule has 0 unspecified atom stereocenters. The summed E-state index contributed by atoms with van der Waals surface area (Å²) in [5, 5.41) is 3.76. The minimum Gasteiger partial charge on any atom is -0.481 e. The van der Waals surface area contributed by atoms with E-state index >= 15 is 0 Å². The van der Waals surface area contributed by atoms with Gasteiger partial charge in [0.1, 0.15) is 5.75 Å². The molecular weight excluding hydrogens is 384 g/mol. The van der Waals surface area contributed by atoms with E-state index in [9.17, 15) is 4.79 Å². The fourth-order valence-corrected chi connectivity index (χ4v) is 3.91. The third kappa shape index (κ3) is 5.97. The zero-order valence-corrected chi connectivity index (χ0v) is 18.4. The lowest BCUT2D eigenvalue weighted by atomic mass is 10.0. The highest BCUT2D eigenvalue weighted by Gasteiger charge is 2.17. The lowest BCUT2D eigenvalue weighted by molar-refractivity contribution is -0.127. The van der Waals surface area contributed by atoms with Crippen molar-refractivity contribution in [3.05, 3.63) is 63.7 Å². The summed E-state index contributed by atoms with van der Waals surface area (Å²) in [5.74, 6) is 0.542. The number of nitrogens with one attached hydrogen (secondary N) is 1. The van der Waals surface area contributed by atoms with Crippen LogP contribution in [0.3, 0.4) is 0 Å². The van der Waals surface area contributed by atoms with Crippen LogP contribution in [0.5, 0.6) is 5.75 Å². The first-order valence-corrected chi connectivity index (χ1v) is 10.8. The zero-order chi connectivity index (χ0) is 20.8. The van der Waals surface area contributed by atoms with Gasteiger partial charge in [-0.25, -0.2) is 0 Å². The monoisotopic (exact) mass is 414 g/mol. The molecule has 0 aromatic heterocycles. The van der Waals surface area contributed by atoms with Crippen molar-refractivity contribution < 1.29 is 9.53 Å². The summed E-state index contributed by atoms with van der Waals surface area (Å²) in [6.07, 6.45) is 3.30. The molecule has 1 atom stereocenters. The summed E-state index contributed by atoms with van der Waals surface area (Å²) in [5.41, 5.74) is 4.34. The molecule has 1 aliphatic rings. The fourth-order valence-electron chi connectivity index (χ4n) is 3.80. The highest BCUT2D eigenvalue weighted by Crippen LogP contribution is 2.26. The van der Waals surface area contributed by atoms with Crippen molar-refractivity contribution in [3.8, 4) is 5.75 Å². The predicted molar refractivity (Wildman–Crippen MR) is 118 cm³/mol. The summed E-state index contributed by atoms with van der Waals surface area (Å²) in [4.78, 5) is 15.1. The fraction of sp³-hybridized carbons (Fsp3) is 0.458. The maximum absolute atomic E-state index is 12.6. The lowest BCUT2D eigenvalue weighted by Gasteiger charge is -2.27. The Balaban J connectivity index is 1.57. The van der Waals surface area contributed by atoms with Crippen LogP contribution in [-0.4, -0.2) is 30.0 Å². The predicted octanol–water partition coefficient (Wildman–Crippen LogP) is 5.03. The van der Waals surface area contributed by atoms with Crippen LogP contribution in [0.4, 0.5) is 0 Å². The molecule has 1 saturated heterocycles. The number of nitrogens with zero attached hydrogens (tertiary/aromatic N) is 1. The molecule has 5 heteroatoms. The summed E-state index contributed by atoms with van der Waals surface area (Å²) in [7, 11) is 0. The van der Waals surface area contributed by atoms with Crippen molar-refractivity contribution >= 4 is 17.5 Å². The van der Waals surface area contributed by atoms with Crippen LogP contribution in [-0.2, 0) is 17.9 Å². The molecule has 156 valence electrons. The number of benzene rings is 2. The Kier molecular flexibility index (Phi) is 7.57. The molecule has 0 bridgehead atoms. The molecular formula is C24H31ClN2O2. The molecule has 29 heavy (non-hydrogen) atoms. The number of piperidine rings is 1. The Morgan fingerprint density at radius 2 is 1.72 bits per heavy atom. The SMILES string of the molecule is Cc1cc(O[C@H](C)C(=O)NCc2ccccc2CN2CCCCC2)cc(C)c1Cl. The van der Waals surface area contributed by atoms with E-state index in [2.05, 4.69) is 28.4 Å². The third-order valence-electron chi connectivity index (χ3n) is 5.51. The van der Waals surface area contributed by atoms with Gasteiger partial charge in [0, 0.05) is 18.1 Å². The van der Waals surface area contributed by atoms with E-state index in [-0.39, 0.29) is 5.91 Å². The van der Waals surface area contributed by atoms with Crippen molar-refractivity contribution in [3.63, 3.8) is 0 Å². The molecule has 0 radical (unpaired) electrons. The molecule has 1 fully saturated rings. The normalized spacial score (nSPS) is 15.7. The van der Waals surface area contributed by atoms with E-state index in [0.717, 1.165) is 41.3 Å². The number of hydrogen-bond donors (Lipinski definition) is 1. The van der Waals surface area contributed by atoms with Crippen LogP contribution in [0.1, 0.15) is 48.4 Å². The highest BCUT2D eigenvalue weighted by atomic mass is 35.5. The van der Waals surface area contributed by atoms with E-state index in [4.69, 9.17) is 16.3 Å². The number of rotatable bonds is 7. The molecule has 3 rings (SSSR count). The number of ether oxygens (including phenoxy) is 1. The maximum Gasteiger partial charge on any atom is 0.261 e. The number of aryl methyl sites for hydroxylation is 2. The van der Waals surface area contributed by atoms with E-state index in [0.29, 0.717) is 12.3 Å². The third-order valence-corrected chi connectivity index (χ3v) is 6.10. The van der Waals surface area contributed by atoms with Gasteiger partial charge >= 0.3 is 0 Å². The minimum atomic E-state index is -0.579. The van der Waals surface area contributed by atoms with Gasteiger partial charge < -0.3 is 10.1 Å². The van der Waals surface area contributed by atoms with Crippen LogP contribution < -0.4 is 10.1 Å². The van der Waals surface area contributed by atoms with Gasteiger partial charge in [-0.2, -0.15) is 0 Å². The second-order valence-corrected chi connectivity index (χ2v) is 8.33. The van der Waals surface area contributed by atoms with E-state index in [1.165, 1.54) is 24.8 Å².